The summed E-state index contributed by atoms with van der Waals surface area (Å²) in [6.07, 6.45) is 2.26. The highest BCUT2D eigenvalue weighted by atomic mass is 16.3. The number of hydrogen-bond acceptors (Lipinski definition) is 4. The van der Waals surface area contributed by atoms with Gasteiger partial charge in [0.2, 0.25) is 17.7 Å². The average Bonchev–Trinajstić information content (AvgIpc) is 3.19. The summed E-state index contributed by atoms with van der Waals surface area (Å²) in [6, 6.07) is 17.9. The van der Waals surface area contributed by atoms with E-state index < -0.39 is 24.1 Å². The number of fused-ring (bicyclic) bond motifs is 1. The quantitative estimate of drug-likeness (QED) is 0.630. The Kier molecular flexibility index (Phi) is 7.08. The molecular formula is C26H31N3O4. The Hall–Kier alpha value is -3.19. The van der Waals surface area contributed by atoms with Crippen LogP contribution in [-0.2, 0) is 14.4 Å². The van der Waals surface area contributed by atoms with E-state index >= 15 is 0 Å². The second kappa shape index (κ2) is 10.2. The smallest absolute Gasteiger partial charge is 0.249 e. The fourth-order valence-corrected chi connectivity index (χ4v) is 4.93. The number of carbonyl (C=O) groups is 3. The van der Waals surface area contributed by atoms with Crippen molar-refractivity contribution in [3.05, 3.63) is 71.8 Å². The summed E-state index contributed by atoms with van der Waals surface area (Å²) in [5.41, 5.74) is 1.94. The van der Waals surface area contributed by atoms with E-state index in [1.165, 1.54) is 6.92 Å². The summed E-state index contributed by atoms with van der Waals surface area (Å²) in [4.78, 5) is 40.6. The molecule has 2 aromatic carbocycles. The lowest BCUT2D eigenvalue weighted by atomic mass is 9.98. The van der Waals surface area contributed by atoms with E-state index in [2.05, 4.69) is 10.6 Å². The highest BCUT2D eigenvalue weighted by Gasteiger charge is 2.45. The van der Waals surface area contributed by atoms with Crippen LogP contribution in [0, 0.1) is 0 Å². The fourth-order valence-electron chi connectivity index (χ4n) is 4.93. The number of nitrogens with zero attached hydrogens (tertiary/aromatic N) is 1. The SMILES string of the molecule is CC(O)C(=O)NC1CCCC2CCC(C(=O)NC(c3ccccc3)c3ccccc3)N2C1=O. The van der Waals surface area contributed by atoms with Crippen molar-refractivity contribution >= 4 is 17.7 Å². The Labute approximate surface area is 194 Å². The number of nitrogens with one attached hydrogen (secondary N) is 2. The molecule has 3 N–H and O–H groups in total. The Morgan fingerprint density at radius 3 is 2.12 bits per heavy atom. The average molecular weight is 450 g/mol. The van der Waals surface area contributed by atoms with E-state index in [0.717, 1.165) is 30.4 Å². The highest BCUT2D eigenvalue weighted by Crippen LogP contribution is 2.33. The summed E-state index contributed by atoms with van der Waals surface area (Å²) in [5, 5.41) is 15.4. The Bertz CT molecular complexity index is 940. The van der Waals surface area contributed by atoms with Crippen molar-refractivity contribution < 1.29 is 19.5 Å². The van der Waals surface area contributed by atoms with Gasteiger partial charge in [0.1, 0.15) is 18.2 Å². The highest BCUT2D eigenvalue weighted by molar-refractivity contribution is 5.93. The van der Waals surface area contributed by atoms with Crippen molar-refractivity contribution in [2.75, 3.05) is 0 Å². The van der Waals surface area contributed by atoms with Crippen LogP contribution < -0.4 is 10.6 Å². The van der Waals surface area contributed by atoms with Crippen molar-refractivity contribution in [1.82, 2.24) is 15.5 Å². The van der Waals surface area contributed by atoms with Crippen molar-refractivity contribution in [2.45, 2.75) is 69.3 Å². The lowest BCUT2D eigenvalue weighted by Gasteiger charge is -2.32. The van der Waals surface area contributed by atoms with Gasteiger partial charge in [0.15, 0.2) is 0 Å². The number of carbonyl (C=O) groups excluding carboxylic acids is 3. The van der Waals surface area contributed by atoms with Gasteiger partial charge in [-0.05, 0) is 50.2 Å². The first-order valence-electron chi connectivity index (χ1n) is 11.7. The molecule has 4 unspecified atom stereocenters. The second-order valence-electron chi connectivity index (χ2n) is 8.92. The second-order valence-corrected chi connectivity index (χ2v) is 8.92. The molecule has 2 heterocycles. The molecule has 0 bridgehead atoms. The lowest BCUT2D eigenvalue weighted by molar-refractivity contribution is -0.143. The van der Waals surface area contributed by atoms with Crippen molar-refractivity contribution in [3.8, 4) is 0 Å². The molecule has 0 aromatic heterocycles. The Morgan fingerprint density at radius 2 is 1.55 bits per heavy atom. The predicted octanol–water partition coefficient (Wildman–Crippen LogP) is 2.30. The van der Waals surface area contributed by atoms with Crippen LogP contribution in [0.15, 0.2) is 60.7 Å². The number of amides is 3. The number of rotatable bonds is 6. The first kappa shape index (κ1) is 23.0. The van der Waals surface area contributed by atoms with Gasteiger partial charge in [0, 0.05) is 6.04 Å². The van der Waals surface area contributed by atoms with E-state index in [-0.39, 0.29) is 23.9 Å². The van der Waals surface area contributed by atoms with Crippen LogP contribution in [0.3, 0.4) is 0 Å². The molecule has 0 saturated carbocycles. The number of hydrogen-bond donors (Lipinski definition) is 3. The fraction of sp³-hybridized carbons (Fsp3) is 0.423. The zero-order chi connectivity index (χ0) is 23.4. The first-order valence-corrected chi connectivity index (χ1v) is 11.7. The Morgan fingerprint density at radius 1 is 0.939 bits per heavy atom. The maximum absolute atomic E-state index is 13.5. The monoisotopic (exact) mass is 449 g/mol. The number of benzene rings is 2. The standard InChI is InChI=1S/C26H31N3O4/c1-17(30)24(31)27-21-14-8-13-20-15-16-22(29(20)26(21)33)25(32)28-23(18-9-4-2-5-10-18)19-11-6-3-7-12-19/h2-7,9-12,17,20-23,30H,8,13-16H2,1H3,(H,27,31)(H,28,32). The molecule has 7 nitrogen and oxygen atoms in total. The third-order valence-electron chi connectivity index (χ3n) is 6.64. The zero-order valence-electron chi connectivity index (χ0n) is 18.8. The molecule has 33 heavy (non-hydrogen) atoms. The van der Waals surface area contributed by atoms with Crippen LogP contribution in [-0.4, -0.2) is 52.0 Å². The minimum absolute atomic E-state index is 0.00592. The van der Waals surface area contributed by atoms with Gasteiger partial charge in [-0.1, -0.05) is 60.7 Å². The molecule has 2 fully saturated rings. The Balaban J connectivity index is 1.55. The minimum Gasteiger partial charge on any atom is -0.384 e. The molecule has 2 saturated heterocycles. The van der Waals surface area contributed by atoms with Gasteiger partial charge in [-0.25, -0.2) is 0 Å². The molecule has 0 radical (unpaired) electrons. The maximum Gasteiger partial charge on any atom is 0.249 e. The van der Waals surface area contributed by atoms with Gasteiger partial charge in [-0.2, -0.15) is 0 Å². The van der Waals surface area contributed by atoms with E-state index in [1.807, 2.05) is 60.7 Å². The molecule has 4 atom stereocenters. The van der Waals surface area contributed by atoms with E-state index in [1.54, 1.807) is 4.90 Å². The molecule has 2 aromatic rings. The van der Waals surface area contributed by atoms with E-state index in [0.29, 0.717) is 12.8 Å². The molecule has 0 aliphatic carbocycles. The van der Waals surface area contributed by atoms with Gasteiger partial charge in [0.05, 0.1) is 6.04 Å². The van der Waals surface area contributed by atoms with Gasteiger partial charge in [0.25, 0.3) is 0 Å². The van der Waals surface area contributed by atoms with Crippen molar-refractivity contribution in [3.63, 3.8) is 0 Å². The lowest BCUT2D eigenvalue weighted by Crippen LogP contribution is -2.55. The van der Waals surface area contributed by atoms with Crippen LogP contribution in [0.5, 0.6) is 0 Å². The zero-order valence-corrected chi connectivity index (χ0v) is 18.8. The number of aliphatic hydroxyl groups excluding tert-OH is 1. The maximum atomic E-state index is 13.5. The minimum atomic E-state index is -1.19. The first-order chi connectivity index (χ1) is 16.0. The molecular weight excluding hydrogens is 418 g/mol. The number of aliphatic hydroxyl groups is 1. The molecule has 0 spiro atoms. The molecule has 3 amide bonds. The van der Waals surface area contributed by atoms with Gasteiger partial charge >= 0.3 is 0 Å². The topological polar surface area (TPSA) is 98.7 Å². The summed E-state index contributed by atoms with van der Waals surface area (Å²) in [5.74, 6) is -0.994. The predicted molar refractivity (Wildman–Crippen MR) is 124 cm³/mol. The summed E-state index contributed by atoms with van der Waals surface area (Å²) in [6.45, 7) is 1.37. The van der Waals surface area contributed by atoms with Crippen molar-refractivity contribution in [1.29, 1.82) is 0 Å². The van der Waals surface area contributed by atoms with Crippen LogP contribution in [0.2, 0.25) is 0 Å². The molecule has 7 heteroatoms. The third-order valence-corrected chi connectivity index (χ3v) is 6.64. The van der Waals surface area contributed by atoms with Crippen LogP contribution in [0.1, 0.15) is 56.2 Å². The summed E-state index contributed by atoms with van der Waals surface area (Å²) < 4.78 is 0. The van der Waals surface area contributed by atoms with Crippen LogP contribution in [0.4, 0.5) is 0 Å². The largest absolute Gasteiger partial charge is 0.384 e. The molecule has 2 aliphatic rings. The summed E-state index contributed by atoms with van der Waals surface area (Å²) in [7, 11) is 0. The van der Waals surface area contributed by atoms with Gasteiger partial charge in [-0.15, -0.1) is 0 Å². The van der Waals surface area contributed by atoms with Gasteiger partial charge in [-0.3, -0.25) is 14.4 Å². The molecule has 4 rings (SSSR count). The summed E-state index contributed by atoms with van der Waals surface area (Å²) >= 11 is 0. The normalized spacial score (nSPS) is 23.5. The van der Waals surface area contributed by atoms with Crippen LogP contribution >= 0.6 is 0 Å². The molecule has 2 aliphatic heterocycles. The van der Waals surface area contributed by atoms with Gasteiger partial charge < -0.3 is 20.6 Å². The third kappa shape index (κ3) is 5.09. The van der Waals surface area contributed by atoms with E-state index in [9.17, 15) is 19.5 Å². The van der Waals surface area contributed by atoms with E-state index in [4.69, 9.17) is 0 Å². The molecule has 174 valence electrons. The van der Waals surface area contributed by atoms with Crippen LogP contribution in [0.25, 0.3) is 0 Å². The van der Waals surface area contributed by atoms with Crippen molar-refractivity contribution in [2.24, 2.45) is 0 Å².